The Hall–Kier alpha value is -1.85. The summed E-state index contributed by atoms with van der Waals surface area (Å²) in [7, 11) is 0. The maximum Gasteiger partial charge on any atom is 0.225 e. The quantitative estimate of drug-likeness (QED) is 0.881. The van der Waals surface area contributed by atoms with Crippen molar-refractivity contribution in [3.8, 4) is 0 Å². The van der Waals surface area contributed by atoms with E-state index in [0.29, 0.717) is 19.0 Å². The molecule has 0 atom stereocenters. The van der Waals surface area contributed by atoms with Crippen LogP contribution in [0.4, 0.5) is 0 Å². The van der Waals surface area contributed by atoms with Crippen LogP contribution in [0.1, 0.15) is 31.2 Å². The minimum atomic E-state index is 0.0441. The fraction of sp³-hybridized carbons (Fsp3) is 0.688. The van der Waals surface area contributed by atoms with Gasteiger partial charge in [-0.25, -0.2) is 0 Å². The smallest absolute Gasteiger partial charge is 0.225 e. The predicted molar refractivity (Wildman–Crippen MR) is 82.0 cm³/mol. The van der Waals surface area contributed by atoms with Crippen LogP contribution < -0.4 is 5.32 Å². The van der Waals surface area contributed by atoms with E-state index in [4.69, 9.17) is 0 Å². The molecule has 6 heteroatoms. The lowest BCUT2D eigenvalue weighted by atomic mass is 9.95. The molecular weight excluding hydrogens is 280 g/mol. The number of nitrogens with one attached hydrogen (secondary N) is 1. The van der Waals surface area contributed by atoms with Gasteiger partial charge in [-0.05, 0) is 38.2 Å². The van der Waals surface area contributed by atoms with Gasteiger partial charge in [-0.3, -0.25) is 14.3 Å². The zero-order valence-corrected chi connectivity index (χ0v) is 13.1. The molecule has 6 nitrogen and oxygen atoms in total. The molecule has 2 aliphatic rings. The lowest BCUT2D eigenvalue weighted by molar-refractivity contribution is -0.136. The van der Waals surface area contributed by atoms with Gasteiger partial charge in [0.05, 0.1) is 12.7 Å². The van der Waals surface area contributed by atoms with E-state index >= 15 is 0 Å². The number of nitrogens with zero attached hydrogens (tertiary/aromatic N) is 3. The molecule has 2 fully saturated rings. The molecule has 1 aromatic rings. The highest BCUT2D eigenvalue weighted by molar-refractivity contribution is 5.82. The number of likely N-dealkylation sites (tertiary alicyclic amines) is 1. The topological polar surface area (TPSA) is 67.2 Å². The Morgan fingerprint density at radius 3 is 2.55 bits per heavy atom. The van der Waals surface area contributed by atoms with Crippen LogP contribution in [0.3, 0.4) is 0 Å². The van der Waals surface area contributed by atoms with Crippen molar-refractivity contribution < 1.29 is 9.59 Å². The summed E-state index contributed by atoms with van der Waals surface area (Å²) in [5.74, 6) is 0.737. The fourth-order valence-corrected chi connectivity index (χ4v) is 2.98. The molecule has 120 valence electrons. The average Bonchev–Trinajstić information content (AvgIpc) is 3.30. The van der Waals surface area contributed by atoms with Gasteiger partial charge < -0.3 is 10.2 Å². The second-order valence-electron chi connectivity index (χ2n) is 6.45. The van der Waals surface area contributed by atoms with E-state index in [1.807, 2.05) is 28.9 Å². The summed E-state index contributed by atoms with van der Waals surface area (Å²) < 4.78 is 1.84. The highest BCUT2D eigenvalue weighted by atomic mass is 16.2. The van der Waals surface area contributed by atoms with Crippen molar-refractivity contribution >= 4 is 11.8 Å². The second-order valence-corrected chi connectivity index (χ2v) is 6.45. The Morgan fingerprint density at radius 2 is 1.95 bits per heavy atom. The normalized spacial score (nSPS) is 19.2. The first-order valence-electron chi connectivity index (χ1n) is 8.19. The van der Waals surface area contributed by atoms with Gasteiger partial charge in [-0.2, -0.15) is 5.10 Å². The molecule has 22 heavy (non-hydrogen) atoms. The Morgan fingerprint density at radius 1 is 1.23 bits per heavy atom. The van der Waals surface area contributed by atoms with E-state index in [9.17, 15) is 9.59 Å². The van der Waals surface area contributed by atoms with Crippen molar-refractivity contribution in [1.29, 1.82) is 0 Å². The molecule has 1 saturated carbocycles. The van der Waals surface area contributed by atoms with Crippen molar-refractivity contribution in [3.05, 3.63) is 18.0 Å². The summed E-state index contributed by atoms with van der Waals surface area (Å²) in [5.41, 5.74) is 1.12. The fourth-order valence-electron chi connectivity index (χ4n) is 2.98. The molecule has 1 aliphatic carbocycles. The molecule has 2 heterocycles. The molecule has 1 aromatic heterocycles. The predicted octanol–water partition coefficient (Wildman–Crippen LogP) is 0.956. The summed E-state index contributed by atoms with van der Waals surface area (Å²) in [6.45, 7) is 4.75. The zero-order chi connectivity index (χ0) is 15.5. The second kappa shape index (κ2) is 6.50. The van der Waals surface area contributed by atoms with Gasteiger partial charge in [0.2, 0.25) is 11.8 Å². The first kappa shape index (κ1) is 15.1. The van der Waals surface area contributed by atoms with Gasteiger partial charge in [0.15, 0.2) is 0 Å². The van der Waals surface area contributed by atoms with Crippen molar-refractivity contribution in [1.82, 2.24) is 20.0 Å². The lowest BCUT2D eigenvalue weighted by Gasteiger charge is -2.31. The number of hydrogen-bond donors (Lipinski definition) is 1. The van der Waals surface area contributed by atoms with E-state index in [0.717, 1.165) is 44.3 Å². The standard InChI is InChI=1S/C16H24N4O2/c1-12-10-18-20(11-12)9-6-17-15(21)13-4-7-19(8-5-13)16(22)14-2-3-14/h10-11,13-14H,2-9H2,1H3,(H,17,21). The minimum Gasteiger partial charge on any atom is -0.354 e. The van der Waals surface area contributed by atoms with Crippen molar-refractivity contribution in [2.75, 3.05) is 19.6 Å². The molecule has 0 spiro atoms. The molecule has 0 unspecified atom stereocenters. The van der Waals surface area contributed by atoms with Gasteiger partial charge in [-0.1, -0.05) is 0 Å². The zero-order valence-electron chi connectivity index (χ0n) is 13.1. The van der Waals surface area contributed by atoms with Gasteiger partial charge in [0, 0.05) is 37.7 Å². The lowest BCUT2D eigenvalue weighted by Crippen LogP contribution is -2.44. The molecule has 3 rings (SSSR count). The van der Waals surface area contributed by atoms with Gasteiger partial charge >= 0.3 is 0 Å². The van der Waals surface area contributed by atoms with E-state index in [2.05, 4.69) is 10.4 Å². The highest BCUT2D eigenvalue weighted by Gasteiger charge is 2.35. The highest BCUT2D eigenvalue weighted by Crippen LogP contribution is 2.32. The third-order valence-electron chi connectivity index (χ3n) is 4.51. The van der Waals surface area contributed by atoms with Gasteiger partial charge in [0.25, 0.3) is 0 Å². The van der Waals surface area contributed by atoms with Crippen LogP contribution in [0.15, 0.2) is 12.4 Å². The SMILES string of the molecule is Cc1cnn(CCNC(=O)C2CCN(C(=O)C3CC3)CC2)c1. The maximum atomic E-state index is 12.2. The van der Waals surface area contributed by atoms with Crippen LogP contribution in [0.25, 0.3) is 0 Å². The van der Waals surface area contributed by atoms with E-state index < -0.39 is 0 Å². The molecule has 1 saturated heterocycles. The molecule has 2 amide bonds. The molecule has 0 radical (unpaired) electrons. The monoisotopic (exact) mass is 304 g/mol. The number of hydrogen-bond acceptors (Lipinski definition) is 3. The van der Waals surface area contributed by atoms with Crippen molar-refractivity contribution in [2.24, 2.45) is 11.8 Å². The van der Waals surface area contributed by atoms with Crippen LogP contribution in [-0.2, 0) is 16.1 Å². The van der Waals surface area contributed by atoms with Crippen LogP contribution in [0.2, 0.25) is 0 Å². The number of aromatic nitrogens is 2. The number of carbonyl (C=O) groups excluding carboxylic acids is 2. The number of rotatable bonds is 5. The maximum absolute atomic E-state index is 12.2. The molecule has 1 aliphatic heterocycles. The molecular formula is C16H24N4O2. The average molecular weight is 304 g/mol. The molecule has 1 N–H and O–H groups in total. The Kier molecular flexibility index (Phi) is 4.45. The number of carbonyl (C=O) groups is 2. The summed E-state index contributed by atoms with van der Waals surface area (Å²) in [6.07, 6.45) is 7.44. The number of amides is 2. The number of piperidine rings is 1. The van der Waals surface area contributed by atoms with Crippen LogP contribution in [0, 0.1) is 18.8 Å². The van der Waals surface area contributed by atoms with Crippen molar-refractivity contribution in [3.63, 3.8) is 0 Å². The summed E-state index contributed by atoms with van der Waals surface area (Å²) in [5, 5.41) is 7.18. The van der Waals surface area contributed by atoms with Crippen LogP contribution in [-0.4, -0.2) is 46.1 Å². The Labute approximate surface area is 130 Å². The molecule has 0 aromatic carbocycles. The van der Waals surface area contributed by atoms with Crippen LogP contribution >= 0.6 is 0 Å². The number of aryl methyl sites for hydroxylation is 1. The first-order valence-corrected chi connectivity index (χ1v) is 8.19. The third-order valence-corrected chi connectivity index (χ3v) is 4.51. The summed E-state index contributed by atoms with van der Waals surface area (Å²) in [6, 6.07) is 0. The van der Waals surface area contributed by atoms with Crippen molar-refractivity contribution in [2.45, 2.75) is 39.2 Å². The van der Waals surface area contributed by atoms with Crippen LogP contribution in [0.5, 0.6) is 0 Å². The molecule has 0 bridgehead atoms. The van der Waals surface area contributed by atoms with E-state index in [1.165, 1.54) is 0 Å². The largest absolute Gasteiger partial charge is 0.354 e. The first-order chi connectivity index (χ1) is 10.6. The summed E-state index contributed by atoms with van der Waals surface area (Å²) in [4.78, 5) is 26.1. The summed E-state index contributed by atoms with van der Waals surface area (Å²) >= 11 is 0. The van der Waals surface area contributed by atoms with E-state index in [1.54, 1.807) is 0 Å². The Bertz CT molecular complexity index is 542. The Balaban J connectivity index is 1.37. The van der Waals surface area contributed by atoms with Gasteiger partial charge in [0.1, 0.15) is 0 Å². The third kappa shape index (κ3) is 3.67. The van der Waals surface area contributed by atoms with Gasteiger partial charge in [-0.15, -0.1) is 0 Å². The minimum absolute atomic E-state index is 0.0441. The van der Waals surface area contributed by atoms with E-state index in [-0.39, 0.29) is 17.7 Å².